The van der Waals surface area contributed by atoms with E-state index in [4.69, 9.17) is 21.8 Å². The Morgan fingerprint density at radius 3 is 2.71 bits per heavy atom. The third-order valence-electron chi connectivity index (χ3n) is 1.50. The third-order valence-corrected chi connectivity index (χ3v) is 1.70. The van der Waals surface area contributed by atoms with Gasteiger partial charge in [-0.25, -0.2) is 0 Å². The highest BCUT2D eigenvalue weighted by atomic mass is 35.5. The van der Waals surface area contributed by atoms with E-state index in [0.29, 0.717) is 6.54 Å². The predicted octanol–water partition coefficient (Wildman–Crippen LogP) is 1.40. The SMILES string of the molecule is CC(C)(N)CNC(=O)c1ccc(Cl)o1. The molecule has 78 valence electrons. The van der Waals surface area contributed by atoms with Gasteiger partial charge in [0.05, 0.1) is 0 Å². The fourth-order valence-electron chi connectivity index (χ4n) is 0.832. The Morgan fingerprint density at radius 2 is 2.29 bits per heavy atom. The summed E-state index contributed by atoms with van der Waals surface area (Å²) in [4.78, 5) is 11.4. The highest BCUT2D eigenvalue weighted by Gasteiger charge is 2.15. The van der Waals surface area contributed by atoms with Crippen molar-refractivity contribution >= 4 is 17.5 Å². The number of amides is 1. The van der Waals surface area contributed by atoms with Crippen molar-refractivity contribution in [1.82, 2.24) is 5.32 Å². The quantitative estimate of drug-likeness (QED) is 0.803. The average Bonchev–Trinajstić information content (AvgIpc) is 2.46. The molecule has 0 fully saturated rings. The van der Waals surface area contributed by atoms with Crippen molar-refractivity contribution < 1.29 is 9.21 Å². The van der Waals surface area contributed by atoms with E-state index < -0.39 is 5.54 Å². The van der Waals surface area contributed by atoms with Crippen LogP contribution in [0.25, 0.3) is 0 Å². The molecule has 14 heavy (non-hydrogen) atoms. The van der Waals surface area contributed by atoms with Crippen LogP contribution >= 0.6 is 11.6 Å². The summed E-state index contributed by atoms with van der Waals surface area (Å²) in [6.45, 7) is 4.02. The first-order valence-electron chi connectivity index (χ1n) is 4.21. The van der Waals surface area contributed by atoms with Gasteiger partial charge in [-0.3, -0.25) is 4.79 Å². The maximum atomic E-state index is 11.4. The van der Waals surface area contributed by atoms with Crippen molar-refractivity contribution in [3.05, 3.63) is 23.1 Å². The first-order chi connectivity index (χ1) is 6.38. The number of hydrogen-bond donors (Lipinski definition) is 2. The second kappa shape index (κ2) is 4.02. The minimum Gasteiger partial charge on any atom is -0.440 e. The van der Waals surface area contributed by atoms with E-state index in [9.17, 15) is 4.79 Å². The van der Waals surface area contributed by atoms with E-state index >= 15 is 0 Å². The van der Waals surface area contributed by atoms with Crippen LogP contribution in [-0.2, 0) is 0 Å². The summed E-state index contributed by atoms with van der Waals surface area (Å²) < 4.78 is 4.92. The third kappa shape index (κ3) is 3.40. The molecule has 0 aromatic carbocycles. The Morgan fingerprint density at radius 1 is 1.64 bits per heavy atom. The van der Waals surface area contributed by atoms with Crippen molar-refractivity contribution in [3.63, 3.8) is 0 Å². The molecule has 5 heteroatoms. The molecule has 0 bridgehead atoms. The second-order valence-electron chi connectivity index (χ2n) is 3.78. The first-order valence-corrected chi connectivity index (χ1v) is 4.59. The maximum Gasteiger partial charge on any atom is 0.287 e. The summed E-state index contributed by atoms with van der Waals surface area (Å²) in [5.41, 5.74) is 5.26. The van der Waals surface area contributed by atoms with Crippen molar-refractivity contribution in [2.45, 2.75) is 19.4 Å². The number of carbonyl (C=O) groups excluding carboxylic acids is 1. The van der Waals surface area contributed by atoms with Gasteiger partial charge in [-0.1, -0.05) is 0 Å². The molecule has 3 N–H and O–H groups in total. The minimum atomic E-state index is -0.438. The standard InChI is InChI=1S/C9H13ClN2O2/c1-9(2,11)5-12-8(13)6-3-4-7(10)14-6/h3-4H,5,11H2,1-2H3,(H,12,13). The Balaban J connectivity index is 2.52. The largest absolute Gasteiger partial charge is 0.440 e. The van der Waals surface area contributed by atoms with E-state index in [-0.39, 0.29) is 16.9 Å². The van der Waals surface area contributed by atoms with Gasteiger partial charge >= 0.3 is 0 Å². The lowest BCUT2D eigenvalue weighted by Crippen LogP contribution is -2.45. The smallest absolute Gasteiger partial charge is 0.287 e. The Labute approximate surface area is 87.4 Å². The van der Waals surface area contributed by atoms with Crippen LogP contribution in [0.1, 0.15) is 24.4 Å². The van der Waals surface area contributed by atoms with Crippen LogP contribution in [0, 0.1) is 0 Å². The predicted molar refractivity (Wildman–Crippen MR) is 54.3 cm³/mol. The van der Waals surface area contributed by atoms with Gasteiger partial charge in [0.2, 0.25) is 0 Å². The molecule has 0 aliphatic carbocycles. The van der Waals surface area contributed by atoms with Crippen LogP contribution in [0.4, 0.5) is 0 Å². The summed E-state index contributed by atoms with van der Waals surface area (Å²) in [5.74, 6) is -0.116. The van der Waals surface area contributed by atoms with Crippen molar-refractivity contribution in [3.8, 4) is 0 Å². The lowest BCUT2D eigenvalue weighted by molar-refractivity contribution is 0.0918. The second-order valence-corrected chi connectivity index (χ2v) is 4.15. The molecule has 0 unspecified atom stereocenters. The Kier molecular flexibility index (Phi) is 3.18. The normalized spacial score (nSPS) is 11.4. The molecule has 0 aliphatic heterocycles. The molecule has 1 amide bonds. The molecule has 4 nitrogen and oxygen atoms in total. The van der Waals surface area contributed by atoms with E-state index in [1.54, 1.807) is 0 Å². The topological polar surface area (TPSA) is 68.3 Å². The van der Waals surface area contributed by atoms with Crippen LogP contribution in [0.3, 0.4) is 0 Å². The molecular weight excluding hydrogens is 204 g/mol. The number of nitrogens with one attached hydrogen (secondary N) is 1. The monoisotopic (exact) mass is 216 g/mol. The van der Waals surface area contributed by atoms with E-state index in [1.807, 2.05) is 13.8 Å². The van der Waals surface area contributed by atoms with E-state index in [2.05, 4.69) is 5.32 Å². The van der Waals surface area contributed by atoms with E-state index in [1.165, 1.54) is 12.1 Å². The Bertz CT molecular complexity index is 328. The summed E-state index contributed by atoms with van der Waals surface area (Å²) in [6.07, 6.45) is 0. The molecule has 0 saturated carbocycles. The van der Waals surface area contributed by atoms with Gasteiger partial charge in [-0.2, -0.15) is 0 Å². The summed E-state index contributed by atoms with van der Waals surface area (Å²) in [5, 5.41) is 2.83. The van der Waals surface area contributed by atoms with E-state index in [0.717, 1.165) is 0 Å². The van der Waals surface area contributed by atoms with Gasteiger partial charge in [0.1, 0.15) is 0 Å². The van der Waals surface area contributed by atoms with Crippen LogP contribution < -0.4 is 11.1 Å². The molecule has 1 heterocycles. The molecule has 0 spiro atoms. The zero-order valence-corrected chi connectivity index (χ0v) is 8.89. The summed E-state index contributed by atoms with van der Waals surface area (Å²) >= 11 is 5.52. The number of halogens is 1. The van der Waals surface area contributed by atoms with Gasteiger partial charge in [-0.05, 0) is 37.6 Å². The van der Waals surface area contributed by atoms with Gasteiger partial charge in [-0.15, -0.1) is 0 Å². The molecular formula is C9H13ClN2O2. The van der Waals surface area contributed by atoms with Crippen LogP contribution in [0.5, 0.6) is 0 Å². The molecule has 0 saturated heterocycles. The molecule has 1 aromatic rings. The molecule has 0 aliphatic rings. The summed E-state index contributed by atoms with van der Waals surface area (Å²) in [7, 11) is 0. The van der Waals surface area contributed by atoms with Gasteiger partial charge < -0.3 is 15.5 Å². The minimum absolute atomic E-state index is 0.194. The highest BCUT2D eigenvalue weighted by Crippen LogP contribution is 2.12. The number of carbonyl (C=O) groups is 1. The molecule has 0 radical (unpaired) electrons. The number of nitrogens with two attached hydrogens (primary N) is 1. The molecule has 1 rings (SSSR count). The number of furan rings is 1. The lowest BCUT2D eigenvalue weighted by Gasteiger charge is -2.18. The van der Waals surface area contributed by atoms with Gasteiger partial charge in [0, 0.05) is 12.1 Å². The zero-order valence-electron chi connectivity index (χ0n) is 8.13. The number of rotatable bonds is 3. The fraction of sp³-hybridized carbons (Fsp3) is 0.444. The first kappa shape index (κ1) is 11.1. The van der Waals surface area contributed by atoms with Crippen LogP contribution in [0.15, 0.2) is 16.5 Å². The molecule has 0 atom stereocenters. The Hall–Kier alpha value is -1.00. The summed E-state index contributed by atoms with van der Waals surface area (Å²) in [6, 6.07) is 3.03. The van der Waals surface area contributed by atoms with Crippen molar-refractivity contribution in [2.24, 2.45) is 5.73 Å². The maximum absolute atomic E-state index is 11.4. The van der Waals surface area contributed by atoms with Crippen molar-refractivity contribution in [1.29, 1.82) is 0 Å². The zero-order chi connectivity index (χ0) is 10.8. The number of hydrogen-bond acceptors (Lipinski definition) is 3. The van der Waals surface area contributed by atoms with Crippen LogP contribution in [-0.4, -0.2) is 18.0 Å². The average molecular weight is 217 g/mol. The highest BCUT2D eigenvalue weighted by molar-refractivity contribution is 6.29. The fourth-order valence-corrected chi connectivity index (χ4v) is 0.978. The van der Waals surface area contributed by atoms with Crippen molar-refractivity contribution in [2.75, 3.05) is 6.54 Å². The lowest BCUT2D eigenvalue weighted by atomic mass is 10.1. The van der Waals surface area contributed by atoms with Gasteiger partial charge in [0.15, 0.2) is 11.0 Å². The molecule has 1 aromatic heterocycles. The van der Waals surface area contributed by atoms with Gasteiger partial charge in [0.25, 0.3) is 5.91 Å². The van der Waals surface area contributed by atoms with Crippen LogP contribution in [0.2, 0.25) is 5.22 Å².